The van der Waals surface area contributed by atoms with Crippen molar-refractivity contribution in [1.82, 2.24) is 0 Å². The van der Waals surface area contributed by atoms with Gasteiger partial charge >= 0.3 is 5.97 Å². The van der Waals surface area contributed by atoms with Crippen molar-refractivity contribution in [3.63, 3.8) is 0 Å². The quantitative estimate of drug-likeness (QED) is 0.253. The van der Waals surface area contributed by atoms with Gasteiger partial charge in [0, 0.05) is 0 Å². The summed E-state index contributed by atoms with van der Waals surface area (Å²) in [5.74, 6) is 2.83. The van der Waals surface area contributed by atoms with E-state index in [1.807, 2.05) is 0 Å². The topological polar surface area (TPSA) is 102 Å². The highest BCUT2D eigenvalue weighted by molar-refractivity contribution is 5.97. The Labute approximate surface area is 52.4 Å². The maximum atomic E-state index is 10.4. The third-order valence-electron chi connectivity index (χ3n) is 0.936. The van der Waals surface area contributed by atoms with E-state index < -0.39 is 11.9 Å². The van der Waals surface area contributed by atoms with Crippen molar-refractivity contribution in [3.8, 4) is 0 Å². The molecule has 0 fully saturated rings. The van der Waals surface area contributed by atoms with Gasteiger partial charge in [0.15, 0.2) is 0 Å². The standard InChI is InChI=1S/C4H9N3O2/c1-2(3(5)6)4(8)9-7/h2H,7H2,1H3,(H3,5,6). The van der Waals surface area contributed by atoms with Gasteiger partial charge in [-0.05, 0) is 6.92 Å². The van der Waals surface area contributed by atoms with Gasteiger partial charge in [-0.25, -0.2) is 4.79 Å². The molecule has 0 spiro atoms. The largest absolute Gasteiger partial charge is 0.387 e. The van der Waals surface area contributed by atoms with Crippen molar-refractivity contribution in [2.45, 2.75) is 6.92 Å². The molecule has 0 aliphatic rings. The number of nitrogens with two attached hydrogens (primary N) is 2. The van der Waals surface area contributed by atoms with E-state index in [9.17, 15) is 4.79 Å². The number of hydrogen-bond acceptors (Lipinski definition) is 4. The van der Waals surface area contributed by atoms with Crippen molar-refractivity contribution in [2.24, 2.45) is 17.5 Å². The molecular weight excluding hydrogens is 122 g/mol. The number of carbonyl (C=O) groups excluding carboxylic acids is 1. The average molecular weight is 131 g/mol. The summed E-state index contributed by atoms with van der Waals surface area (Å²) < 4.78 is 0. The van der Waals surface area contributed by atoms with Crippen LogP contribution in [0.15, 0.2) is 0 Å². The minimum Gasteiger partial charge on any atom is -0.387 e. The number of amidine groups is 1. The van der Waals surface area contributed by atoms with Crippen molar-refractivity contribution in [3.05, 3.63) is 0 Å². The van der Waals surface area contributed by atoms with Crippen molar-refractivity contribution >= 4 is 11.8 Å². The lowest BCUT2D eigenvalue weighted by Crippen LogP contribution is -2.30. The highest BCUT2D eigenvalue weighted by atomic mass is 16.7. The van der Waals surface area contributed by atoms with Gasteiger partial charge in [0.25, 0.3) is 0 Å². The Kier molecular flexibility index (Phi) is 2.66. The SMILES string of the molecule is CC(C(=N)N)C(=O)ON. The third kappa shape index (κ3) is 2.09. The molecule has 0 aromatic heterocycles. The van der Waals surface area contributed by atoms with Gasteiger partial charge in [0.1, 0.15) is 11.8 Å². The van der Waals surface area contributed by atoms with E-state index in [0.29, 0.717) is 0 Å². The van der Waals surface area contributed by atoms with Gasteiger partial charge in [-0.2, -0.15) is 5.90 Å². The summed E-state index contributed by atoms with van der Waals surface area (Å²) in [6.45, 7) is 1.44. The lowest BCUT2D eigenvalue weighted by molar-refractivity contribution is -0.146. The molecular formula is C4H9N3O2. The number of nitrogens with one attached hydrogen (secondary N) is 1. The monoisotopic (exact) mass is 131 g/mol. The van der Waals surface area contributed by atoms with Crippen LogP contribution in [0.5, 0.6) is 0 Å². The first-order valence-electron chi connectivity index (χ1n) is 2.34. The van der Waals surface area contributed by atoms with E-state index >= 15 is 0 Å². The molecule has 0 aromatic carbocycles. The molecule has 0 rings (SSSR count). The second-order valence-corrected chi connectivity index (χ2v) is 1.61. The predicted octanol–water partition coefficient (Wildman–Crippen LogP) is -1.02. The number of hydrogen-bond donors (Lipinski definition) is 3. The fourth-order valence-electron chi connectivity index (χ4n) is 0.229. The summed E-state index contributed by atoms with van der Waals surface area (Å²) in [6.07, 6.45) is 0. The Morgan fingerprint density at radius 2 is 2.22 bits per heavy atom. The molecule has 5 N–H and O–H groups in total. The van der Waals surface area contributed by atoms with Gasteiger partial charge in [0.2, 0.25) is 0 Å². The smallest absolute Gasteiger partial charge is 0.334 e. The van der Waals surface area contributed by atoms with E-state index in [4.69, 9.17) is 11.1 Å². The molecule has 1 unspecified atom stereocenters. The Hall–Kier alpha value is -1.10. The molecule has 0 heterocycles. The Morgan fingerprint density at radius 3 is 2.33 bits per heavy atom. The van der Waals surface area contributed by atoms with Crippen LogP contribution in [0.2, 0.25) is 0 Å². The van der Waals surface area contributed by atoms with Gasteiger partial charge in [-0.1, -0.05) is 0 Å². The van der Waals surface area contributed by atoms with Gasteiger partial charge in [0.05, 0.1) is 0 Å². The van der Waals surface area contributed by atoms with Crippen molar-refractivity contribution < 1.29 is 9.63 Å². The van der Waals surface area contributed by atoms with Crippen LogP contribution in [0.3, 0.4) is 0 Å². The van der Waals surface area contributed by atoms with E-state index in [2.05, 4.69) is 10.7 Å². The third-order valence-corrected chi connectivity index (χ3v) is 0.936. The van der Waals surface area contributed by atoms with E-state index in [0.717, 1.165) is 0 Å². The molecule has 0 bridgehead atoms. The summed E-state index contributed by atoms with van der Waals surface area (Å²) in [5, 5.41) is 6.76. The van der Waals surface area contributed by atoms with Crippen LogP contribution in [-0.4, -0.2) is 11.8 Å². The van der Waals surface area contributed by atoms with E-state index in [1.165, 1.54) is 6.92 Å². The maximum Gasteiger partial charge on any atom is 0.334 e. The minimum atomic E-state index is -0.741. The first kappa shape index (κ1) is 7.90. The predicted molar refractivity (Wildman–Crippen MR) is 31.4 cm³/mol. The summed E-state index contributed by atoms with van der Waals surface area (Å²) in [4.78, 5) is 14.2. The summed E-state index contributed by atoms with van der Waals surface area (Å²) in [6, 6.07) is 0. The van der Waals surface area contributed by atoms with Crippen LogP contribution in [0.1, 0.15) is 6.92 Å². The second-order valence-electron chi connectivity index (χ2n) is 1.61. The molecule has 0 aromatic rings. The zero-order valence-corrected chi connectivity index (χ0v) is 5.05. The summed E-state index contributed by atoms with van der Waals surface area (Å²) >= 11 is 0. The van der Waals surface area contributed by atoms with Gasteiger partial charge in [-0.15, -0.1) is 0 Å². The molecule has 52 valence electrons. The lowest BCUT2D eigenvalue weighted by atomic mass is 10.2. The molecule has 0 saturated heterocycles. The van der Waals surface area contributed by atoms with Crippen molar-refractivity contribution in [2.75, 3.05) is 0 Å². The highest BCUT2D eigenvalue weighted by Crippen LogP contribution is 1.93. The summed E-state index contributed by atoms with van der Waals surface area (Å²) in [5.41, 5.74) is 4.94. The average Bonchev–Trinajstić information content (AvgIpc) is 1.84. The van der Waals surface area contributed by atoms with Gasteiger partial charge < -0.3 is 10.6 Å². The van der Waals surface area contributed by atoms with E-state index in [1.54, 1.807) is 0 Å². The van der Waals surface area contributed by atoms with E-state index in [-0.39, 0.29) is 5.84 Å². The number of rotatable bonds is 2. The molecule has 5 nitrogen and oxygen atoms in total. The van der Waals surface area contributed by atoms with Crippen LogP contribution < -0.4 is 11.6 Å². The zero-order chi connectivity index (χ0) is 7.44. The zero-order valence-electron chi connectivity index (χ0n) is 5.05. The molecule has 5 heteroatoms. The molecule has 0 amide bonds. The maximum absolute atomic E-state index is 10.4. The summed E-state index contributed by atoms with van der Waals surface area (Å²) in [7, 11) is 0. The molecule has 1 atom stereocenters. The fraction of sp³-hybridized carbons (Fsp3) is 0.500. The number of carbonyl (C=O) groups is 1. The Balaban J connectivity index is 3.88. The first-order valence-corrected chi connectivity index (χ1v) is 2.34. The normalized spacial score (nSPS) is 12.2. The first-order chi connectivity index (χ1) is 4.09. The molecule has 0 aliphatic heterocycles. The van der Waals surface area contributed by atoms with Crippen molar-refractivity contribution in [1.29, 1.82) is 5.41 Å². The molecule has 0 aliphatic carbocycles. The van der Waals surface area contributed by atoms with Crippen LogP contribution in [0, 0.1) is 11.3 Å². The fourth-order valence-corrected chi connectivity index (χ4v) is 0.229. The molecule has 0 saturated carbocycles. The Morgan fingerprint density at radius 1 is 1.78 bits per heavy atom. The second kappa shape index (κ2) is 3.03. The van der Waals surface area contributed by atoms with Crippen LogP contribution in [-0.2, 0) is 9.63 Å². The van der Waals surface area contributed by atoms with Crippen LogP contribution in [0.4, 0.5) is 0 Å². The van der Waals surface area contributed by atoms with Crippen LogP contribution in [0.25, 0.3) is 0 Å². The highest BCUT2D eigenvalue weighted by Gasteiger charge is 2.15. The van der Waals surface area contributed by atoms with Crippen LogP contribution >= 0.6 is 0 Å². The minimum absolute atomic E-state index is 0.245. The molecule has 0 radical (unpaired) electrons. The Bertz CT molecular complexity index is 134. The molecule has 9 heavy (non-hydrogen) atoms. The van der Waals surface area contributed by atoms with Gasteiger partial charge in [-0.3, -0.25) is 5.41 Å². The lowest BCUT2D eigenvalue weighted by Gasteiger charge is -2.03.